The summed E-state index contributed by atoms with van der Waals surface area (Å²) < 4.78 is 7.10. The predicted molar refractivity (Wildman–Crippen MR) is 134 cm³/mol. The molecule has 0 radical (unpaired) electrons. The Labute approximate surface area is 197 Å². The summed E-state index contributed by atoms with van der Waals surface area (Å²) in [5.74, 6) is 2.25. The van der Waals surface area contributed by atoms with Gasteiger partial charge in [-0.3, -0.25) is 9.67 Å². The van der Waals surface area contributed by atoms with Crippen molar-refractivity contribution < 1.29 is 4.74 Å². The monoisotopic (exact) mass is 526 g/mol. The summed E-state index contributed by atoms with van der Waals surface area (Å²) >= 11 is 0. The number of hydrogen-bond acceptors (Lipinski definition) is 4. The Balaban J connectivity index is 0.00000320. The van der Waals surface area contributed by atoms with Crippen LogP contribution in [0.15, 0.2) is 41.7 Å². The molecule has 2 N–H and O–H groups in total. The van der Waals surface area contributed by atoms with Gasteiger partial charge < -0.3 is 20.3 Å². The van der Waals surface area contributed by atoms with Crippen LogP contribution < -0.4 is 20.3 Å². The highest BCUT2D eigenvalue weighted by Crippen LogP contribution is 2.21. The van der Waals surface area contributed by atoms with Crippen molar-refractivity contribution in [3.8, 4) is 5.75 Å². The number of ether oxygens (including phenoxy) is 1. The van der Waals surface area contributed by atoms with Crippen LogP contribution in [0.2, 0.25) is 0 Å². The molecule has 1 fully saturated rings. The predicted octanol–water partition coefficient (Wildman–Crippen LogP) is 3.37. The summed E-state index contributed by atoms with van der Waals surface area (Å²) in [6.45, 7) is 5.18. The smallest absolute Gasteiger partial charge is 0.191 e. The van der Waals surface area contributed by atoms with Gasteiger partial charge in [0.05, 0.1) is 19.0 Å². The van der Waals surface area contributed by atoms with Gasteiger partial charge in [-0.1, -0.05) is 19.1 Å². The molecule has 3 rings (SSSR count). The molecule has 0 bridgehead atoms. The SMILES string of the molecule is CN=C(NCCC(C)c1ccc(OC)cc1)NC1CCCN(c2cnn(C)c2)C1.I. The Kier molecular flexibility index (Phi) is 9.74. The maximum absolute atomic E-state index is 5.24. The molecule has 0 amide bonds. The normalized spacial score (nSPS) is 17.8. The van der Waals surface area contributed by atoms with Crippen molar-refractivity contribution in [3.63, 3.8) is 0 Å². The van der Waals surface area contributed by atoms with Gasteiger partial charge >= 0.3 is 0 Å². The van der Waals surface area contributed by atoms with Crippen molar-refractivity contribution in [2.75, 3.05) is 38.7 Å². The van der Waals surface area contributed by atoms with E-state index in [1.54, 1.807) is 7.11 Å². The van der Waals surface area contributed by atoms with E-state index >= 15 is 0 Å². The van der Waals surface area contributed by atoms with Crippen LogP contribution in [0.4, 0.5) is 5.69 Å². The first-order chi connectivity index (χ1) is 14.1. The number of methoxy groups -OCH3 is 1. The molecule has 7 nitrogen and oxygen atoms in total. The lowest BCUT2D eigenvalue weighted by Gasteiger charge is -2.34. The van der Waals surface area contributed by atoms with Crippen molar-refractivity contribution in [2.45, 2.75) is 38.1 Å². The molecule has 166 valence electrons. The molecular formula is C22H35IN6O. The van der Waals surface area contributed by atoms with Crippen LogP contribution >= 0.6 is 24.0 Å². The van der Waals surface area contributed by atoms with Gasteiger partial charge in [0.1, 0.15) is 5.75 Å². The molecule has 0 aliphatic carbocycles. The fourth-order valence-electron chi connectivity index (χ4n) is 3.80. The summed E-state index contributed by atoms with van der Waals surface area (Å²) in [5, 5.41) is 11.4. The van der Waals surface area contributed by atoms with Gasteiger partial charge in [-0.15, -0.1) is 24.0 Å². The highest BCUT2D eigenvalue weighted by molar-refractivity contribution is 14.0. The number of benzene rings is 1. The quantitative estimate of drug-likeness (QED) is 0.329. The summed E-state index contributed by atoms with van der Waals surface area (Å²) in [5.41, 5.74) is 2.52. The maximum Gasteiger partial charge on any atom is 0.191 e. The minimum Gasteiger partial charge on any atom is -0.497 e. The van der Waals surface area contributed by atoms with E-state index in [2.05, 4.69) is 50.9 Å². The van der Waals surface area contributed by atoms with Gasteiger partial charge in [-0.25, -0.2) is 0 Å². The number of aryl methyl sites for hydroxylation is 1. The standard InChI is InChI=1S/C22H34N6O.HI/c1-17(18-7-9-21(29-4)10-8-18)11-12-24-22(23-2)26-19-6-5-13-28(15-19)20-14-25-27(3)16-20;/h7-10,14,16-17,19H,5-6,11-13,15H2,1-4H3,(H2,23,24,26);1H. The number of aliphatic imine (C=N–C) groups is 1. The fourth-order valence-corrected chi connectivity index (χ4v) is 3.80. The third-order valence-corrected chi connectivity index (χ3v) is 5.60. The topological polar surface area (TPSA) is 66.7 Å². The molecule has 8 heteroatoms. The Bertz CT molecular complexity index is 791. The lowest BCUT2D eigenvalue weighted by molar-refractivity contribution is 0.414. The van der Waals surface area contributed by atoms with E-state index < -0.39 is 0 Å². The highest BCUT2D eigenvalue weighted by atomic mass is 127. The highest BCUT2D eigenvalue weighted by Gasteiger charge is 2.21. The molecule has 1 saturated heterocycles. The number of guanidine groups is 1. The van der Waals surface area contributed by atoms with E-state index in [1.807, 2.05) is 37.1 Å². The molecule has 30 heavy (non-hydrogen) atoms. The first-order valence-electron chi connectivity index (χ1n) is 10.4. The van der Waals surface area contributed by atoms with E-state index in [4.69, 9.17) is 4.74 Å². The van der Waals surface area contributed by atoms with Crippen LogP contribution in [0.5, 0.6) is 5.75 Å². The second kappa shape index (κ2) is 12.0. The maximum atomic E-state index is 5.24. The minimum atomic E-state index is 0. The second-order valence-electron chi connectivity index (χ2n) is 7.76. The van der Waals surface area contributed by atoms with E-state index in [1.165, 1.54) is 11.3 Å². The van der Waals surface area contributed by atoms with Gasteiger partial charge in [-0.05, 0) is 42.9 Å². The molecular weight excluding hydrogens is 491 g/mol. The molecule has 0 saturated carbocycles. The largest absolute Gasteiger partial charge is 0.497 e. The van der Waals surface area contributed by atoms with Gasteiger partial charge in [-0.2, -0.15) is 5.10 Å². The second-order valence-corrected chi connectivity index (χ2v) is 7.76. The molecule has 1 aliphatic heterocycles. The molecule has 2 aromatic rings. The first kappa shape index (κ1) is 24.3. The first-order valence-corrected chi connectivity index (χ1v) is 10.4. The van der Waals surface area contributed by atoms with Crippen LogP contribution in [0.1, 0.15) is 37.7 Å². The molecule has 2 heterocycles. The summed E-state index contributed by atoms with van der Waals surface area (Å²) in [4.78, 5) is 6.82. The Morgan fingerprint density at radius 3 is 2.73 bits per heavy atom. The Morgan fingerprint density at radius 1 is 1.33 bits per heavy atom. The number of halogens is 1. The van der Waals surface area contributed by atoms with Gasteiger partial charge in [0.2, 0.25) is 0 Å². The van der Waals surface area contributed by atoms with Gasteiger partial charge in [0.15, 0.2) is 5.96 Å². The zero-order chi connectivity index (χ0) is 20.6. The van der Waals surface area contributed by atoms with Gasteiger partial charge in [0, 0.05) is 46.0 Å². The lowest BCUT2D eigenvalue weighted by Crippen LogP contribution is -2.51. The molecule has 0 spiro atoms. The van der Waals surface area contributed by atoms with E-state index in [0.29, 0.717) is 12.0 Å². The number of nitrogens with one attached hydrogen (secondary N) is 2. The van der Waals surface area contributed by atoms with Crippen molar-refractivity contribution in [3.05, 3.63) is 42.2 Å². The molecule has 1 aromatic carbocycles. The minimum absolute atomic E-state index is 0. The van der Waals surface area contributed by atoms with E-state index in [-0.39, 0.29) is 24.0 Å². The number of piperidine rings is 1. The van der Waals surface area contributed by atoms with Crippen LogP contribution in [0.25, 0.3) is 0 Å². The fraction of sp³-hybridized carbons (Fsp3) is 0.545. The molecule has 1 aromatic heterocycles. The van der Waals surface area contributed by atoms with Crippen molar-refractivity contribution in [2.24, 2.45) is 12.0 Å². The molecule has 2 atom stereocenters. The van der Waals surface area contributed by atoms with Crippen LogP contribution in [-0.2, 0) is 7.05 Å². The van der Waals surface area contributed by atoms with E-state index in [9.17, 15) is 0 Å². The van der Waals surface area contributed by atoms with Crippen LogP contribution in [0, 0.1) is 0 Å². The lowest BCUT2D eigenvalue weighted by atomic mass is 9.98. The number of hydrogen-bond donors (Lipinski definition) is 2. The summed E-state index contributed by atoms with van der Waals surface area (Å²) in [6, 6.07) is 8.72. The van der Waals surface area contributed by atoms with E-state index in [0.717, 1.165) is 50.6 Å². The zero-order valence-corrected chi connectivity index (χ0v) is 20.8. The third kappa shape index (κ3) is 6.78. The van der Waals surface area contributed by atoms with Gasteiger partial charge in [0.25, 0.3) is 0 Å². The average molecular weight is 526 g/mol. The Hall–Kier alpha value is -1.97. The average Bonchev–Trinajstić information content (AvgIpc) is 3.19. The Morgan fingerprint density at radius 2 is 2.10 bits per heavy atom. The number of rotatable bonds is 7. The number of nitrogens with zero attached hydrogens (tertiary/aromatic N) is 4. The summed E-state index contributed by atoms with van der Waals surface area (Å²) in [6.07, 6.45) is 7.38. The zero-order valence-electron chi connectivity index (χ0n) is 18.5. The molecule has 1 aliphatic rings. The summed E-state index contributed by atoms with van der Waals surface area (Å²) in [7, 11) is 5.50. The third-order valence-electron chi connectivity index (χ3n) is 5.60. The van der Waals surface area contributed by atoms with Crippen molar-refractivity contribution >= 4 is 35.6 Å². The van der Waals surface area contributed by atoms with Crippen molar-refractivity contribution in [1.29, 1.82) is 0 Å². The number of aromatic nitrogens is 2. The number of anilines is 1. The molecule has 2 unspecified atom stereocenters. The van der Waals surface area contributed by atoms with Crippen molar-refractivity contribution in [1.82, 2.24) is 20.4 Å². The van der Waals surface area contributed by atoms with Crippen LogP contribution in [-0.4, -0.2) is 55.6 Å². The van der Waals surface area contributed by atoms with Crippen LogP contribution in [0.3, 0.4) is 0 Å².